The van der Waals surface area contributed by atoms with Gasteiger partial charge in [-0.3, -0.25) is 0 Å². The molecule has 0 aliphatic rings. The third-order valence-electron chi connectivity index (χ3n) is 5.60. The molecule has 1 atom stereocenters. The number of nitrogens with zero attached hydrogens (tertiary/aromatic N) is 1. The largest absolute Gasteiger partial charge is 0.387 e. The van der Waals surface area contributed by atoms with Crippen molar-refractivity contribution in [1.82, 2.24) is 4.90 Å². The second-order valence-corrected chi connectivity index (χ2v) is 8.78. The van der Waals surface area contributed by atoms with Gasteiger partial charge in [-0.2, -0.15) is 0 Å². The lowest BCUT2D eigenvalue weighted by atomic mass is 10.0. The molecule has 28 heavy (non-hydrogen) atoms. The van der Waals surface area contributed by atoms with Gasteiger partial charge in [0.1, 0.15) is 0 Å². The van der Waals surface area contributed by atoms with Gasteiger partial charge in [-0.1, -0.05) is 107 Å². The first-order valence-corrected chi connectivity index (χ1v) is 12.1. The van der Waals surface area contributed by atoms with Crippen LogP contribution in [0.1, 0.15) is 108 Å². The Labute approximate surface area is 179 Å². The van der Waals surface area contributed by atoms with Gasteiger partial charge in [0.05, 0.1) is 6.10 Å². The van der Waals surface area contributed by atoms with Gasteiger partial charge >= 0.3 is 0 Å². The molecule has 1 unspecified atom stereocenters. The van der Waals surface area contributed by atoms with E-state index < -0.39 is 6.10 Å². The Hall–Kier alpha value is -0.570. The monoisotopic (exact) mass is 409 g/mol. The molecule has 1 rings (SSSR count). The van der Waals surface area contributed by atoms with Crippen molar-refractivity contribution in [3.8, 4) is 0 Å². The lowest BCUT2D eigenvalue weighted by molar-refractivity contribution is 0.110. The molecule has 0 radical (unpaired) electrons. The van der Waals surface area contributed by atoms with Crippen LogP contribution in [0.2, 0.25) is 5.02 Å². The smallest absolute Gasteiger partial charge is 0.0931 e. The fourth-order valence-corrected chi connectivity index (χ4v) is 4.03. The first kappa shape index (κ1) is 25.5. The number of rotatable bonds is 17. The predicted octanol–water partition coefficient (Wildman–Crippen LogP) is 7.70. The predicted molar refractivity (Wildman–Crippen MR) is 124 cm³/mol. The van der Waals surface area contributed by atoms with Crippen molar-refractivity contribution in [1.29, 1.82) is 0 Å². The zero-order chi connectivity index (χ0) is 20.6. The number of hydrogen-bond donors (Lipinski definition) is 1. The Morgan fingerprint density at radius 3 is 1.86 bits per heavy atom. The second kappa shape index (κ2) is 16.3. The van der Waals surface area contributed by atoms with Crippen molar-refractivity contribution < 1.29 is 5.11 Å². The number of aliphatic hydroxyl groups is 1. The molecule has 0 amide bonds. The van der Waals surface area contributed by atoms with Crippen LogP contribution in [-0.4, -0.2) is 29.6 Å². The van der Waals surface area contributed by atoms with Crippen molar-refractivity contribution in [3.05, 3.63) is 34.3 Å². The molecule has 0 aromatic heterocycles. The Morgan fingerprint density at radius 1 is 0.821 bits per heavy atom. The zero-order valence-corrected chi connectivity index (χ0v) is 19.4. The quantitative estimate of drug-likeness (QED) is 0.266. The molecule has 0 saturated heterocycles. The van der Waals surface area contributed by atoms with E-state index in [-0.39, 0.29) is 0 Å². The maximum absolute atomic E-state index is 10.8. The minimum Gasteiger partial charge on any atom is -0.387 e. The van der Waals surface area contributed by atoms with Crippen molar-refractivity contribution in [3.63, 3.8) is 0 Å². The van der Waals surface area contributed by atoms with Crippen LogP contribution in [-0.2, 0) is 0 Å². The van der Waals surface area contributed by atoms with Gasteiger partial charge in [-0.25, -0.2) is 0 Å². The maximum Gasteiger partial charge on any atom is 0.0931 e. The minimum absolute atomic E-state index is 0.507. The van der Waals surface area contributed by atoms with E-state index in [1.54, 1.807) is 0 Å². The molecule has 1 N–H and O–H groups in total. The maximum atomic E-state index is 10.8. The van der Waals surface area contributed by atoms with E-state index in [0.717, 1.165) is 24.2 Å². The van der Waals surface area contributed by atoms with Gasteiger partial charge < -0.3 is 10.0 Å². The molecule has 0 heterocycles. The topological polar surface area (TPSA) is 23.5 Å². The van der Waals surface area contributed by atoms with Gasteiger partial charge in [0.25, 0.3) is 0 Å². The molecule has 1 aromatic carbocycles. The van der Waals surface area contributed by atoms with Crippen LogP contribution in [0.4, 0.5) is 0 Å². The summed E-state index contributed by atoms with van der Waals surface area (Å²) in [6, 6.07) is 5.94. The lowest BCUT2D eigenvalue weighted by Gasteiger charge is -2.26. The highest BCUT2D eigenvalue weighted by Gasteiger charge is 2.16. The number of hydrogen-bond acceptors (Lipinski definition) is 2. The molecule has 1 aromatic rings. The summed E-state index contributed by atoms with van der Waals surface area (Å²) in [5.41, 5.74) is 2.02. The van der Waals surface area contributed by atoms with Crippen LogP contribution < -0.4 is 0 Å². The van der Waals surface area contributed by atoms with Gasteiger partial charge in [-0.05, 0) is 38.9 Å². The summed E-state index contributed by atoms with van der Waals surface area (Å²) in [4.78, 5) is 2.46. The highest BCUT2D eigenvalue weighted by Crippen LogP contribution is 2.25. The van der Waals surface area contributed by atoms with Gasteiger partial charge in [-0.15, -0.1) is 0 Å². The van der Waals surface area contributed by atoms with E-state index >= 15 is 0 Å². The van der Waals surface area contributed by atoms with Crippen LogP contribution in [0.15, 0.2) is 18.2 Å². The molecule has 0 fully saturated rings. The Bertz CT molecular complexity index is 489. The van der Waals surface area contributed by atoms with Crippen LogP contribution in [0.25, 0.3) is 0 Å². The molecule has 3 heteroatoms. The summed E-state index contributed by atoms with van der Waals surface area (Å²) in [5, 5.41) is 11.5. The summed E-state index contributed by atoms with van der Waals surface area (Å²) >= 11 is 6.35. The number of halogens is 1. The highest BCUT2D eigenvalue weighted by atomic mass is 35.5. The first-order chi connectivity index (χ1) is 13.6. The molecule has 0 bridgehead atoms. The van der Waals surface area contributed by atoms with Crippen molar-refractivity contribution in [2.24, 2.45) is 0 Å². The molecule has 2 nitrogen and oxygen atoms in total. The van der Waals surface area contributed by atoms with E-state index in [1.807, 2.05) is 18.2 Å². The van der Waals surface area contributed by atoms with E-state index in [0.29, 0.717) is 11.6 Å². The van der Waals surface area contributed by atoms with E-state index in [9.17, 15) is 5.11 Å². The van der Waals surface area contributed by atoms with E-state index in [4.69, 9.17) is 11.6 Å². The zero-order valence-electron chi connectivity index (χ0n) is 18.7. The number of aliphatic hydroxyl groups excluding tert-OH is 1. The van der Waals surface area contributed by atoms with Crippen molar-refractivity contribution in [2.45, 2.75) is 104 Å². The highest BCUT2D eigenvalue weighted by molar-refractivity contribution is 6.31. The molecule has 162 valence electrons. The summed E-state index contributed by atoms with van der Waals surface area (Å²) in [6.45, 7) is 9.44. The third kappa shape index (κ3) is 11.4. The summed E-state index contributed by atoms with van der Waals surface area (Å²) in [7, 11) is 0. The number of benzene rings is 1. The summed E-state index contributed by atoms with van der Waals surface area (Å²) < 4.78 is 0. The molecule has 0 aliphatic heterocycles. The molecule has 0 saturated carbocycles. The fourth-order valence-electron chi connectivity index (χ4n) is 3.79. The average Bonchev–Trinajstić information content (AvgIpc) is 2.68. The lowest BCUT2D eigenvalue weighted by Crippen LogP contribution is -2.31. The fraction of sp³-hybridized carbons (Fsp3) is 0.760. The normalized spacial score (nSPS) is 12.6. The summed E-state index contributed by atoms with van der Waals surface area (Å²) in [5.74, 6) is 0. The van der Waals surface area contributed by atoms with Crippen molar-refractivity contribution >= 4 is 11.6 Å². The molecule has 0 aliphatic carbocycles. The SMILES string of the molecule is CCCCCCCCN(CCCCCCCC)CC(O)c1cc(C)ccc1Cl. The second-order valence-electron chi connectivity index (χ2n) is 8.38. The molecule has 0 spiro atoms. The van der Waals surface area contributed by atoms with Crippen LogP contribution in [0, 0.1) is 6.92 Å². The van der Waals surface area contributed by atoms with Crippen LogP contribution in [0.5, 0.6) is 0 Å². The third-order valence-corrected chi connectivity index (χ3v) is 5.94. The Kier molecular flexibility index (Phi) is 14.8. The Morgan fingerprint density at radius 2 is 1.32 bits per heavy atom. The minimum atomic E-state index is -0.507. The standard InChI is InChI=1S/C25H44ClNO/c1-4-6-8-10-12-14-18-27(19-15-13-11-9-7-5-2)21-25(28)23-20-22(3)16-17-24(23)26/h16-17,20,25,28H,4-15,18-19,21H2,1-3H3. The van der Waals surface area contributed by atoms with Gasteiger partial charge in [0.2, 0.25) is 0 Å². The van der Waals surface area contributed by atoms with Crippen molar-refractivity contribution in [2.75, 3.05) is 19.6 Å². The number of unbranched alkanes of at least 4 members (excludes halogenated alkanes) is 10. The summed E-state index contributed by atoms with van der Waals surface area (Å²) in [6.07, 6.45) is 15.2. The number of aryl methyl sites for hydroxylation is 1. The van der Waals surface area contributed by atoms with Crippen LogP contribution >= 0.6 is 11.6 Å². The first-order valence-electron chi connectivity index (χ1n) is 11.7. The average molecular weight is 410 g/mol. The van der Waals surface area contributed by atoms with Gasteiger partial charge in [0, 0.05) is 17.1 Å². The van der Waals surface area contributed by atoms with Gasteiger partial charge in [0.15, 0.2) is 0 Å². The Balaban J connectivity index is 2.49. The molecular weight excluding hydrogens is 366 g/mol. The molecular formula is C25H44ClNO. The van der Waals surface area contributed by atoms with Crippen LogP contribution in [0.3, 0.4) is 0 Å². The van der Waals surface area contributed by atoms with E-state index in [2.05, 4.69) is 25.7 Å². The van der Waals surface area contributed by atoms with E-state index in [1.165, 1.54) is 77.0 Å².